The summed E-state index contributed by atoms with van der Waals surface area (Å²) < 4.78 is 5.21. The van der Waals surface area contributed by atoms with Gasteiger partial charge in [-0.25, -0.2) is 0 Å². The van der Waals surface area contributed by atoms with Gasteiger partial charge in [0.15, 0.2) is 0 Å². The lowest BCUT2D eigenvalue weighted by Gasteiger charge is -2.09. The molecule has 0 aliphatic carbocycles. The van der Waals surface area contributed by atoms with Crippen molar-refractivity contribution in [2.45, 2.75) is 6.04 Å². The van der Waals surface area contributed by atoms with Crippen LogP contribution in [0.3, 0.4) is 0 Å². The molecule has 1 aromatic rings. The summed E-state index contributed by atoms with van der Waals surface area (Å²) in [5, 5.41) is 11.6. The first-order valence-electron chi connectivity index (χ1n) is 4.77. The van der Waals surface area contributed by atoms with Crippen LogP contribution < -0.4 is 15.8 Å². The van der Waals surface area contributed by atoms with E-state index in [9.17, 15) is 4.79 Å². The third-order valence-corrected chi connectivity index (χ3v) is 2.62. The van der Waals surface area contributed by atoms with Gasteiger partial charge in [-0.1, -0.05) is 11.6 Å². The van der Waals surface area contributed by atoms with E-state index in [-0.39, 0.29) is 19.1 Å². The molecule has 1 aliphatic heterocycles. The summed E-state index contributed by atoms with van der Waals surface area (Å²) in [6, 6.07) is 2.53. The zero-order valence-corrected chi connectivity index (χ0v) is 9.12. The minimum Gasteiger partial charge on any atom is -0.490 e. The van der Waals surface area contributed by atoms with Crippen LogP contribution >= 0.6 is 11.6 Å². The topological polar surface area (TPSA) is 84.6 Å². The monoisotopic (exact) mass is 242 g/mol. The summed E-state index contributed by atoms with van der Waals surface area (Å²) in [4.78, 5) is 11.3. The fourth-order valence-corrected chi connectivity index (χ4v) is 1.78. The second-order valence-electron chi connectivity index (χ2n) is 3.41. The molecule has 1 aliphatic rings. The third-order valence-electron chi connectivity index (χ3n) is 2.33. The van der Waals surface area contributed by atoms with Crippen LogP contribution in [0, 0.1) is 0 Å². The molecule has 1 aromatic carbocycles. The molecule has 6 heteroatoms. The average molecular weight is 243 g/mol. The van der Waals surface area contributed by atoms with Crippen LogP contribution in [0.1, 0.15) is 11.6 Å². The lowest BCUT2D eigenvalue weighted by molar-refractivity contribution is -0.116. The van der Waals surface area contributed by atoms with Crippen molar-refractivity contribution < 1.29 is 14.6 Å². The number of benzene rings is 1. The van der Waals surface area contributed by atoms with Gasteiger partial charge in [-0.15, -0.1) is 0 Å². The maximum Gasteiger partial charge on any atom is 0.245 e. The van der Waals surface area contributed by atoms with Gasteiger partial charge in [0.1, 0.15) is 18.4 Å². The van der Waals surface area contributed by atoms with Crippen molar-refractivity contribution in [2.24, 2.45) is 5.73 Å². The van der Waals surface area contributed by atoms with E-state index in [1.54, 1.807) is 12.1 Å². The van der Waals surface area contributed by atoms with Gasteiger partial charge in [0, 0.05) is 17.3 Å². The molecule has 2 rings (SSSR count). The highest BCUT2D eigenvalue weighted by atomic mass is 35.5. The number of anilines is 1. The van der Waals surface area contributed by atoms with Gasteiger partial charge in [-0.05, 0) is 6.07 Å². The first kappa shape index (κ1) is 11.2. The molecule has 0 radical (unpaired) electrons. The van der Waals surface area contributed by atoms with Gasteiger partial charge in [-0.3, -0.25) is 4.79 Å². The number of aliphatic hydroxyl groups is 1. The Bertz CT molecular complexity index is 436. The van der Waals surface area contributed by atoms with Gasteiger partial charge in [0.2, 0.25) is 5.91 Å². The first-order valence-corrected chi connectivity index (χ1v) is 5.15. The summed E-state index contributed by atoms with van der Waals surface area (Å²) in [5.74, 6) is 0.161. The largest absolute Gasteiger partial charge is 0.490 e. The number of aliphatic hydroxyl groups excluding tert-OH is 1. The molecule has 0 aromatic heterocycles. The number of nitrogens with one attached hydrogen (secondary N) is 1. The molecule has 5 nitrogen and oxygen atoms in total. The molecule has 1 heterocycles. The highest BCUT2D eigenvalue weighted by Crippen LogP contribution is 2.37. The minimum atomic E-state index is -0.681. The lowest BCUT2D eigenvalue weighted by atomic mass is 10.1. The normalized spacial score (nSPS) is 18.2. The Labute approximate surface area is 97.1 Å². The Morgan fingerprint density at radius 3 is 3.00 bits per heavy atom. The first-order chi connectivity index (χ1) is 7.63. The number of rotatable bonds is 3. The van der Waals surface area contributed by atoms with Crippen LogP contribution in [0.25, 0.3) is 0 Å². The van der Waals surface area contributed by atoms with Gasteiger partial charge < -0.3 is 20.9 Å². The molecule has 0 bridgehead atoms. The Balaban J connectivity index is 2.33. The molecule has 0 fully saturated rings. The van der Waals surface area contributed by atoms with E-state index in [0.717, 1.165) is 0 Å². The molecule has 0 saturated heterocycles. The van der Waals surface area contributed by atoms with Crippen LogP contribution in [0.4, 0.5) is 5.69 Å². The third kappa shape index (κ3) is 1.84. The van der Waals surface area contributed by atoms with Gasteiger partial charge in [-0.2, -0.15) is 0 Å². The maximum atomic E-state index is 11.3. The van der Waals surface area contributed by atoms with Crippen LogP contribution in [0.15, 0.2) is 12.1 Å². The highest BCUT2D eigenvalue weighted by molar-refractivity contribution is 6.32. The quantitative estimate of drug-likeness (QED) is 0.727. The second kappa shape index (κ2) is 4.29. The van der Waals surface area contributed by atoms with E-state index < -0.39 is 6.04 Å². The molecule has 4 N–H and O–H groups in total. The molecule has 0 saturated carbocycles. The van der Waals surface area contributed by atoms with E-state index >= 15 is 0 Å². The molecule has 1 amide bonds. The Morgan fingerprint density at radius 1 is 1.56 bits per heavy atom. The molecule has 86 valence electrons. The number of fused-ring (bicyclic) bond motifs is 1. The van der Waals surface area contributed by atoms with Crippen molar-refractivity contribution in [2.75, 3.05) is 18.5 Å². The second-order valence-corrected chi connectivity index (χ2v) is 3.82. The number of nitrogens with two attached hydrogens (primary N) is 1. The number of hydrogen-bond donors (Lipinski definition) is 3. The fraction of sp³-hybridized carbons (Fsp3) is 0.300. The zero-order valence-electron chi connectivity index (χ0n) is 8.37. The van der Waals surface area contributed by atoms with Crippen LogP contribution in [0.5, 0.6) is 5.75 Å². The summed E-state index contributed by atoms with van der Waals surface area (Å²) in [5.41, 5.74) is 6.92. The van der Waals surface area contributed by atoms with E-state index in [1.807, 2.05) is 0 Å². The summed E-state index contributed by atoms with van der Waals surface area (Å²) in [6.07, 6.45) is 0. The van der Waals surface area contributed by atoms with E-state index in [4.69, 9.17) is 27.2 Å². The van der Waals surface area contributed by atoms with Crippen molar-refractivity contribution in [1.82, 2.24) is 0 Å². The number of ether oxygens (including phenoxy) is 1. The van der Waals surface area contributed by atoms with E-state index in [2.05, 4.69) is 5.32 Å². The lowest BCUT2D eigenvalue weighted by Crippen LogP contribution is -2.19. The van der Waals surface area contributed by atoms with Crippen LogP contribution in [-0.4, -0.2) is 24.2 Å². The van der Waals surface area contributed by atoms with Crippen molar-refractivity contribution in [1.29, 1.82) is 0 Å². The number of carbonyl (C=O) groups excluding carboxylic acids is 1. The molecular weight excluding hydrogens is 232 g/mol. The summed E-state index contributed by atoms with van der Waals surface area (Å²) >= 11 is 5.96. The van der Waals surface area contributed by atoms with E-state index in [1.165, 1.54) is 0 Å². The van der Waals surface area contributed by atoms with Gasteiger partial charge >= 0.3 is 0 Å². The molecular formula is C10H11ClN2O3. The van der Waals surface area contributed by atoms with Crippen molar-refractivity contribution in [3.8, 4) is 5.75 Å². The molecule has 1 atom stereocenters. The zero-order chi connectivity index (χ0) is 11.7. The number of amides is 1. The Kier molecular flexibility index (Phi) is 3.00. The highest BCUT2D eigenvalue weighted by Gasteiger charge is 2.28. The van der Waals surface area contributed by atoms with Gasteiger partial charge in [0.25, 0.3) is 0 Å². The molecule has 1 unspecified atom stereocenters. The van der Waals surface area contributed by atoms with E-state index in [0.29, 0.717) is 22.0 Å². The molecule has 16 heavy (non-hydrogen) atoms. The average Bonchev–Trinajstić information content (AvgIpc) is 2.52. The smallest absolute Gasteiger partial charge is 0.245 e. The van der Waals surface area contributed by atoms with Crippen molar-refractivity contribution >= 4 is 23.2 Å². The van der Waals surface area contributed by atoms with Crippen LogP contribution in [0.2, 0.25) is 5.02 Å². The number of halogens is 1. The summed E-state index contributed by atoms with van der Waals surface area (Å²) in [7, 11) is 0. The minimum absolute atomic E-state index is 0.0979. The number of hydrogen-bond acceptors (Lipinski definition) is 4. The standard InChI is InChI=1S/C10H11ClN2O3/c11-6-3-5-7(13-10(15)9(5)12)4-8(6)16-2-1-14/h3-4,9,14H,1-2,12H2,(H,13,15). The SMILES string of the molecule is NC1C(=O)Nc2cc(OCCO)c(Cl)cc21. The Morgan fingerprint density at radius 2 is 2.31 bits per heavy atom. The van der Waals surface area contributed by atoms with Crippen molar-refractivity contribution in [3.05, 3.63) is 22.7 Å². The van der Waals surface area contributed by atoms with Gasteiger partial charge in [0.05, 0.1) is 11.6 Å². The summed E-state index contributed by atoms with van der Waals surface area (Å²) in [6.45, 7) is 0.0534. The molecule has 0 spiro atoms. The van der Waals surface area contributed by atoms with Crippen molar-refractivity contribution in [3.63, 3.8) is 0 Å². The Hall–Kier alpha value is -1.30. The fourth-order valence-electron chi connectivity index (χ4n) is 1.55. The predicted octanol–water partition coefficient (Wildman–Crippen LogP) is 0.663. The number of carbonyl (C=O) groups is 1. The maximum absolute atomic E-state index is 11.3. The predicted molar refractivity (Wildman–Crippen MR) is 59.6 cm³/mol. The van der Waals surface area contributed by atoms with Crippen LogP contribution in [-0.2, 0) is 4.79 Å².